The van der Waals surface area contributed by atoms with Crippen molar-refractivity contribution in [3.05, 3.63) is 35.1 Å². The number of rotatable bonds is 3. The minimum absolute atomic E-state index is 0.0157. The lowest BCUT2D eigenvalue weighted by Gasteiger charge is -2.34. The molecule has 0 spiro atoms. The highest BCUT2D eigenvalue weighted by Crippen LogP contribution is 2.19. The topological polar surface area (TPSA) is 43.7 Å². The SMILES string of the molecule is CC1CCN(Cc2ccc(F)c(C#CCCO)c2)CC1O. The van der Waals surface area contributed by atoms with E-state index in [1.165, 1.54) is 6.07 Å². The average molecular weight is 291 g/mol. The van der Waals surface area contributed by atoms with Crippen molar-refractivity contribution < 1.29 is 14.6 Å². The number of hydrogen-bond acceptors (Lipinski definition) is 3. The zero-order valence-electron chi connectivity index (χ0n) is 12.3. The predicted molar refractivity (Wildman–Crippen MR) is 80.0 cm³/mol. The lowest BCUT2D eigenvalue weighted by atomic mass is 9.95. The van der Waals surface area contributed by atoms with Gasteiger partial charge in [0.05, 0.1) is 18.3 Å². The molecule has 0 bridgehead atoms. The number of piperidine rings is 1. The van der Waals surface area contributed by atoms with Gasteiger partial charge in [-0.2, -0.15) is 0 Å². The Balaban J connectivity index is 2.04. The summed E-state index contributed by atoms with van der Waals surface area (Å²) in [5, 5.41) is 18.6. The van der Waals surface area contributed by atoms with Gasteiger partial charge in [0, 0.05) is 19.5 Å². The van der Waals surface area contributed by atoms with Crippen molar-refractivity contribution in [1.29, 1.82) is 0 Å². The van der Waals surface area contributed by atoms with Crippen molar-refractivity contribution in [2.45, 2.75) is 32.4 Å². The van der Waals surface area contributed by atoms with Crippen LogP contribution in [-0.2, 0) is 6.54 Å². The van der Waals surface area contributed by atoms with Crippen LogP contribution in [0.1, 0.15) is 30.9 Å². The first-order chi connectivity index (χ1) is 10.1. The third kappa shape index (κ3) is 4.53. The summed E-state index contributed by atoms with van der Waals surface area (Å²) < 4.78 is 13.7. The van der Waals surface area contributed by atoms with E-state index in [1.807, 2.05) is 0 Å². The van der Waals surface area contributed by atoms with Crippen LogP contribution < -0.4 is 0 Å². The van der Waals surface area contributed by atoms with Crippen LogP contribution in [-0.4, -0.2) is 40.9 Å². The minimum Gasteiger partial charge on any atom is -0.395 e. The molecule has 21 heavy (non-hydrogen) atoms. The van der Waals surface area contributed by atoms with E-state index in [-0.39, 0.29) is 18.5 Å². The van der Waals surface area contributed by atoms with Gasteiger partial charge in [-0.1, -0.05) is 24.8 Å². The zero-order chi connectivity index (χ0) is 15.2. The maximum atomic E-state index is 13.7. The summed E-state index contributed by atoms with van der Waals surface area (Å²) in [6, 6.07) is 4.95. The summed E-state index contributed by atoms with van der Waals surface area (Å²) in [5.74, 6) is 5.50. The van der Waals surface area contributed by atoms with Crippen LogP contribution in [0.4, 0.5) is 4.39 Å². The molecule has 1 aromatic carbocycles. The first-order valence-electron chi connectivity index (χ1n) is 7.38. The second-order valence-corrected chi connectivity index (χ2v) is 5.66. The van der Waals surface area contributed by atoms with E-state index in [2.05, 4.69) is 23.7 Å². The van der Waals surface area contributed by atoms with Crippen molar-refractivity contribution in [3.8, 4) is 11.8 Å². The number of β-amino-alcohol motifs (C(OH)–C–C–N with tert-alkyl or cyclic N) is 1. The van der Waals surface area contributed by atoms with Crippen LogP contribution in [0, 0.1) is 23.6 Å². The maximum Gasteiger partial charge on any atom is 0.138 e. The molecule has 2 N–H and O–H groups in total. The number of benzene rings is 1. The van der Waals surface area contributed by atoms with Gasteiger partial charge in [0.1, 0.15) is 5.82 Å². The first-order valence-corrected chi connectivity index (χ1v) is 7.38. The zero-order valence-corrected chi connectivity index (χ0v) is 12.3. The van der Waals surface area contributed by atoms with Crippen molar-refractivity contribution in [1.82, 2.24) is 4.90 Å². The Morgan fingerprint density at radius 1 is 1.43 bits per heavy atom. The van der Waals surface area contributed by atoms with Gasteiger partial charge in [0.2, 0.25) is 0 Å². The first kappa shape index (κ1) is 16.0. The third-order valence-corrected chi connectivity index (χ3v) is 3.90. The highest BCUT2D eigenvalue weighted by atomic mass is 19.1. The summed E-state index contributed by atoms with van der Waals surface area (Å²) in [7, 11) is 0. The molecule has 1 aliphatic heterocycles. The minimum atomic E-state index is -0.337. The second kappa shape index (κ2) is 7.56. The molecule has 2 rings (SSSR count). The summed E-state index contributed by atoms with van der Waals surface area (Å²) in [6.07, 6.45) is 1.04. The van der Waals surface area contributed by atoms with Crippen LogP contribution in [0.2, 0.25) is 0 Å². The lowest BCUT2D eigenvalue weighted by molar-refractivity contribution is 0.0259. The Hall–Kier alpha value is -1.41. The van der Waals surface area contributed by atoms with Crippen LogP contribution in [0.15, 0.2) is 18.2 Å². The summed E-state index contributed by atoms with van der Waals surface area (Å²) in [6.45, 7) is 4.34. The number of aliphatic hydroxyl groups excluding tert-OH is 2. The molecule has 0 saturated carbocycles. The molecule has 1 aliphatic rings. The van der Waals surface area contributed by atoms with Gasteiger partial charge in [-0.05, 0) is 36.6 Å². The van der Waals surface area contributed by atoms with E-state index >= 15 is 0 Å². The van der Waals surface area contributed by atoms with E-state index in [0.29, 0.717) is 31.0 Å². The summed E-state index contributed by atoms with van der Waals surface area (Å²) in [5.41, 5.74) is 1.36. The standard InChI is InChI=1S/C17H22FNO2/c1-13-7-8-19(12-17(13)21)11-14-5-6-16(18)15(10-14)4-2-3-9-20/h5-6,10,13,17,20-21H,3,7-9,11-12H2,1H3. The predicted octanol–water partition coefficient (Wildman–Crippen LogP) is 1.76. The van der Waals surface area contributed by atoms with Gasteiger partial charge >= 0.3 is 0 Å². The normalized spacial score (nSPS) is 22.7. The third-order valence-electron chi connectivity index (χ3n) is 3.90. The quantitative estimate of drug-likeness (QED) is 0.834. The molecule has 2 atom stereocenters. The summed E-state index contributed by atoms with van der Waals surface area (Å²) >= 11 is 0. The van der Waals surface area contributed by atoms with E-state index in [0.717, 1.165) is 18.5 Å². The van der Waals surface area contributed by atoms with Gasteiger partial charge in [-0.3, -0.25) is 4.90 Å². The van der Waals surface area contributed by atoms with Gasteiger partial charge in [-0.25, -0.2) is 4.39 Å². The largest absolute Gasteiger partial charge is 0.395 e. The van der Waals surface area contributed by atoms with Gasteiger partial charge in [0.15, 0.2) is 0 Å². The molecule has 1 fully saturated rings. The molecule has 4 heteroatoms. The molecule has 1 aromatic rings. The molecule has 2 unspecified atom stereocenters. The molecule has 0 amide bonds. The highest BCUT2D eigenvalue weighted by Gasteiger charge is 2.24. The van der Waals surface area contributed by atoms with E-state index < -0.39 is 0 Å². The molecular formula is C17H22FNO2. The number of halogens is 1. The Morgan fingerprint density at radius 2 is 2.24 bits per heavy atom. The Kier molecular flexibility index (Phi) is 5.75. The van der Waals surface area contributed by atoms with Crippen molar-refractivity contribution in [2.75, 3.05) is 19.7 Å². The second-order valence-electron chi connectivity index (χ2n) is 5.66. The molecule has 1 saturated heterocycles. The molecular weight excluding hydrogens is 269 g/mol. The van der Waals surface area contributed by atoms with Gasteiger partial charge < -0.3 is 10.2 Å². The van der Waals surface area contributed by atoms with Crippen LogP contribution in [0.25, 0.3) is 0 Å². The van der Waals surface area contributed by atoms with E-state index in [9.17, 15) is 9.50 Å². The average Bonchev–Trinajstić information content (AvgIpc) is 2.46. The molecule has 0 radical (unpaired) electrons. The van der Waals surface area contributed by atoms with Gasteiger partial charge in [0.25, 0.3) is 0 Å². The van der Waals surface area contributed by atoms with E-state index in [1.54, 1.807) is 12.1 Å². The van der Waals surface area contributed by atoms with E-state index in [4.69, 9.17) is 5.11 Å². The smallest absolute Gasteiger partial charge is 0.138 e. The number of hydrogen-bond donors (Lipinski definition) is 2. The molecule has 1 heterocycles. The lowest BCUT2D eigenvalue weighted by Crippen LogP contribution is -2.42. The molecule has 0 aliphatic carbocycles. The van der Waals surface area contributed by atoms with Crippen LogP contribution in [0.3, 0.4) is 0 Å². The van der Waals surface area contributed by atoms with Gasteiger partial charge in [-0.15, -0.1) is 0 Å². The molecule has 114 valence electrons. The highest BCUT2D eigenvalue weighted by molar-refractivity contribution is 5.38. The maximum absolute atomic E-state index is 13.7. The fourth-order valence-electron chi connectivity index (χ4n) is 2.50. The molecule has 3 nitrogen and oxygen atoms in total. The fourth-order valence-corrected chi connectivity index (χ4v) is 2.50. The van der Waals surface area contributed by atoms with Crippen molar-refractivity contribution in [2.24, 2.45) is 5.92 Å². The number of nitrogens with zero attached hydrogens (tertiary/aromatic N) is 1. The fraction of sp³-hybridized carbons (Fsp3) is 0.529. The van der Waals surface area contributed by atoms with Crippen LogP contribution in [0.5, 0.6) is 0 Å². The van der Waals surface area contributed by atoms with Crippen molar-refractivity contribution >= 4 is 0 Å². The Morgan fingerprint density at radius 3 is 2.95 bits per heavy atom. The molecule has 0 aromatic heterocycles. The monoisotopic (exact) mass is 291 g/mol. The number of aliphatic hydroxyl groups is 2. The van der Waals surface area contributed by atoms with Crippen molar-refractivity contribution in [3.63, 3.8) is 0 Å². The number of likely N-dealkylation sites (tertiary alicyclic amines) is 1. The Labute approximate surface area is 125 Å². The Bertz CT molecular complexity index is 535. The van der Waals surface area contributed by atoms with Crippen LogP contribution >= 0.6 is 0 Å². The summed E-state index contributed by atoms with van der Waals surface area (Å²) in [4.78, 5) is 2.18.